The van der Waals surface area contributed by atoms with Crippen molar-refractivity contribution in [1.82, 2.24) is 15.0 Å². The summed E-state index contributed by atoms with van der Waals surface area (Å²) in [5, 5.41) is 4.01. The lowest BCUT2D eigenvalue weighted by Gasteiger charge is -2.34. The van der Waals surface area contributed by atoms with Crippen LogP contribution in [0.5, 0.6) is 5.75 Å². The third kappa shape index (κ3) is 4.43. The Morgan fingerprint density at radius 3 is 2.42 bits per heavy atom. The number of nitrogens with zero attached hydrogens (tertiary/aromatic N) is 3. The molecule has 1 aromatic heterocycles. The minimum absolute atomic E-state index is 0.234. The zero-order chi connectivity index (χ0) is 18.5. The van der Waals surface area contributed by atoms with Crippen molar-refractivity contribution in [2.24, 2.45) is 0 Å². The number of carbonyl (C=O) groups is 1. The topological polar surface area (TPSA) is 58.8 Å². The van der Waals surface area contributed by atoms with E-state index in [9.17, 15) is 4.79 Å². The van der Waals surface area contributed by atoms with Crippen LogP contribution in [0.15, 0.2) is 28.8 Å². The Morgan fingerprint density at radius 1 is 1.15 bits per heavy atom. The minimum Gasteiger partial charge on any atom is -0.497 e. The summed E-state index contributed by atoms with van der Waals surface area (Å²) >= 11 is 0. The highest BCUT2D eigenvalue weighted by Crippen LogP contribution is 2.17. The number of methoxy groups -OCH3 is 1. The zero-order valence-corrected chi connectivity index (χ0v) is 15.8. The number of carbonyl (C=O) groups excluding carboxylic acids is 1. The molecule has 1 saturated heterocycles. The summed E-state index contributed by atoms with van der Waals surface area (Å²) in [6.45, 7) is 8.11. The van der Waals surface area contributed by atoms with E-state index in [0.717, 1.165) is 61.9 Å². The Balaban J connectivity index is 1.44. The van der Waals surface area contributed by atoms with Crippen LogP contribution in [0.1, 0.15) is 29.0 Å². The maximum atomic E-state index is 12.5. The number of amides is 1. The number of aryl methyl sites for hydroxylation is 3. The van der Waals surface area contributed by atoms with Crippen LogP contribution >= 0.6 is 0 Å². The normalized spacial score (nSPS) is 15.3. The molecular weight excluding hydrogens is 330 g/mol. The van der Waals surface area contributed by atoms with Gasteiger partial charge in [-0.2, -0.15) is 0 Å². The molecule has 1 aliphatic rings. The van der Waals surface area contributed by atoms with E-state index in [-0.39, 0.29) is 5.91 Å². The van der Waals surface area contributed by atoms with Crippen LogP contribution in [0.4, 0.5) is 0 Å². The van der Waals surface area contributed by atoms with Crippen LogP contribution in [-0.4, -0.2) is 54.2 Å². The van der Waals surface area contributed by atoms with E-state index in [2.05, 4.69) is 10.1 Å². The lowest BCUT2D eigenvalue weighted by Crippen LogP contribution is -2.48. The van der Waals surface area contributed by atoms with Crippen molar-refractivity contribution in [2.45, 2.75) is 33.2 Å². The fourth-order valence-corrected chi connectivity index (χ4v) is 3.31. The number of benzene rings is 1. The van der Waals surface area contributed by atoms with E-state index in [0.29, 0.717) is 6.42 Å². The van der Waals surface area contributed by atoms with Gasteiger partial charge in [-0.05, 0) is 38.0 Å². The van der Waals surface area contributed by atoms with Crippen molar-refractivity contribution in [3.63, 3.8) is 0 Å². The molecule has 6 nitrogen and oxygen atoms in total. The van der Waals surface area contributed by atoms with Gasteiger partial charge in [-0.25, -0.2) is 0 Å². The quantitative estimate of drug-likeness (QED) is 0.795. The molecule has 140 valence electrons. The van der Waals surface area contributed by atoms with Crippen molar-refractivity contribution in [3.8, 4) is 5.75 Å². The number of aromatic nitrogens is 1. The van der Waals surface area contributed by atoms with E-state index in [1.165, 1.54) is 5.56 Å². The van der Waals surface area contributed by atoms with E-state index in [1.54, 1.807) is 7.11 Å². The Kier molecular flexibility index (Phi) is 5.93. The molecule has 0 saturated carbocycles. The molecule has 0 N–H and O–H groups in total. The van der Waals surface area contributed by atoms with Gasteiger partial charge < -0.3 is 14.2 Å². The van der Waals surface area contributed by atoms with Gasteiger partial charge in [0.05, 0.1) is 12.8 Å². The first-order chi connectivity index (χ1) is 12.6. The minimum atomic E-state index is 0.234. The van der Waals surface area contributed by atoms with Gasteiger partial charge in [-0.1, -0.05) is 17.3 Å². The third-order valence-corrected chi connectivity index (χ3v) is 5.07. The molecule has 2 aromatic rings. The van der Waals surface area contributed by atoms with Gasteiger partial charge in [-0.15, -0.1) is 0 Å². The molecule has 6 heteroatoms. The summed E-state index contributed by atoms with van der Waals surface area (Å²) in [4.78, 5) is 16.8. The number of rotatable bonds is 6. The number of hydrogen-bond donors (Lipinski definition) is 0. The van der Waals surface area contributed by atoms with Gasteiger partial charge in [0.1, 0.15) is 11.5 Å². The van der Waals surface area contributed by atoms with Gasteiger partial charge >= 0.3 is 0 Å². The lowest BCUT2D eigenvalue weighted by atomic mass is 10.1. The molecule has 2 heterocycles. The van der Waals surface area contributed by atoms with Crippen molar-refractivity contribution >= 4 is 5.91 Å². The van der Waals surface area contributed by atoms with Crippen LogP contribution in [0, 0.1) is 13.8 Å². The zero-order valence-electron chi connectivity index (χ0n) is 15.8. The predicted molar refractivity (Wildman–Crippen MR) is 99.1 cm³/mol. The highest BCUT2D eigenvalue weighted by molar-refractivity contribution is 5.76. The molecule has 1 aliphatic heterocycles. The van der Waals surface area contributed by atoms with Gasteiger partial charge in [0.2, 0.25) is 5.91 Å². The summed E-state index contributed by atoms with van der Waals surface area (Å²) in [6.07, 6.45) is 1.32. The van der Waals surface area contributed by atoms with E-state index >= 15 is 0 Å². The first-order valence-corrected chi connectivity index (χ1v) is 9.11. The Bertz CT molecular complexity index is 712. The molecule has 0 bridgehead atoms. The van der Waals surface area contributed by atoms with Crippen LogP contribution in [0.25, 0.3) is 0 Å². The largest absolute Gasteiger partial charge is 0.497 e. The molecule has 1 fully saturated rings. The second kappa shape index (κ2) is 8.36. The van der Waals surface area contributed by atoms with Gasteiger partial charge in [0.25, 0.3) is 0 Å². The molecule has 0 atom stereocenters. The van der Waals surface area contributed by atoms with Gasteiger partial charge in [0, 0.05) is 44.7 Å². The SMILES string of the molecule is COc1ccc(CCC(=O)N2CCN(Cc3c(C)noc3C)CC2)cc1. The smallest absolute Gasteiger partial charge is 0.222 e. The van der Waals surface area contributed by atoms with Crippen LogP contribution in [0.2, 0.25) is 0 Å². The Morgan fingerprint density at radius 2 is 1.85 bits per heavy atom. The van der Waals surface area contributed by atoms with Gasteiger partial charge in [0.15, 0.2) is 0 Å². The van der Waals surface area contributed by atoms with Crippen LogP contribution < -0.4 is 4.74 Å². The summed E-state index contributed by atoms with van der Waals surface area (Å²) < 4.78 is 10.4. The number of piperazine rings is 1. The first-order valence-electron chi connectivity index (χ1n) is 9.11. The summed E-state index contributed by atoms with van der Waals surface area (Å²) in [6, 6.07) is 7.92. The Hall–Kier alpha value is -2.34. The maximum Gasteiger partial charge on any atom is 0.222 e. The molecule has 0 unspecified atom stereocenters. The van der Waals surface area contributed by atoms with E-state index in [4.69, 9.17) is 9.26 Å². The molecule has 1 aromatic carbocycles. The molecular formula is C20H27N3O3. The summed E-state index contributed by atoms with van der Waals surface area (Å²) in [5.74, 6) is 1.97. The van der Waals surface area contributed by atoms with Crippen molar-refractivity contribution in [2.75, 3.05) is 33.3 Å². The average Bonchev–Trinajstić information content (AvgIpc) is 2.99. The van der Waals surface area contributed by atoms with Crippen molar-refractivity contribution in [3.05, 3.63) is 46.8 Å². The van der Waals surface area contributed by atoms with Gasteiger partial charge in [-0.3, -0.25) is 9.69 Å². The molecule has 0 radical (unpaired) electrons. The highest BCUT2D eigenvalue weighted by atomic mass is 16.5. The van der Waals surface area contributed by atoms with E-state index < -0.39 is 0 Å². The summed E-state index contributed by atoms with van der Waals surface area (Å²) in [5.41, 5.74) is 3.29. The third-order valence-electron chi connectivity index (χ3n) is 5.07. The first kappa shape index (κ1) is 18.5. The number of ether oxygens (including phenoxy) is 1. The summed E-state index contributed by atoms with van der Waals surface area (Å²) in [7, 11) is 1.66. The average molecular weight is 357 g/mol. The molecule has 0 spiro atoms. The standard InChI is InChI=1S/C20H27N3O3/c1-15-19(16(2)26-21-15)14-22-10-12-23(13-11-22)20(24)9-6-17-4-7-18(25-3)8-5-17/h4-5,7-8H,6,9-14H2,1-3H3. The van der Waals surface area contributed by atoms with Crippen molar-refractivity contribution in [1.29, 1.82) is 0 Å². The molecule has 3 rings (SSSR count). The maximum absolute atomic E-state index is 12.5. The van der Waals surface area contributed by atoms with Crippen LogP contribution in [-0.2, 0) is 17.8 Å². The van der Waals surface area contributed by atoms with E-state index in [1.807, 2.05) is 43.0 Å². The highest BCUT2D eigenvalue weighted by Gasteiger charge is 2.22. The van der Waals surface area contributed by atoms with Crippen molar-refractivity contribution < 1.29 is 14.1 Å². The Labute approximate surface area is 154 Å². The fraction of sp³-hybridized carbons (Fsp3) is 0.500. The second-order valence-corrected chi connectivity index (χ2v) is 6.81. The second-order valence-electron chi connectivity index (χ2n) is 6.81. The monoisotopic (exact) mass is 357 g/mol. The fourth-order valence-electron chi connectivity index (χ4n) is 3.31. The lowest BCUT2D eigenvalue weighted by molar-refractivity contribution is -0.133. The molecule has 26 heavy (non-hydrogen) atoms. The predicted octanol–water partition coefficient (Wildman–Crippen LogP) is 2.58. The van der Waals surface area contributed by atoms with Crippen LogP contribution in [0.3, 0.4) is 0 Å². The molecule has 0 aliphatic carbocycles. The number of hydrogen-bond acceptors (Lipinski definition) is 5. The molecule has 1 amide bonds.